The highest BCUT2D eigenvalue weighted by Crippen LogP contribution is 2.24. The molecule has 0 aromatic heterocycles. The first-order valence-electron chi connectivity index (χ1n) is 8.00. The van der Waals surface area contributed by atoms with E-state index in [9.17, 15) is 14.4 Å². The van der Waals surface area contributed by atoms with Crippen LogP contribution in [-0.2, 0) is 9.59 Å². The number of piperidine rings is 1. The third-order valence-corrected chi connectivity index (χ3v) is 4.46. The van der Waals surface area contributed by atoms with Gasteiger partial charge in [0.15, 0.2) is 0 Å². The summed E-state index contributed by atoms with van der Waals surface area (Å²) in [6.07, 6.45) is 1.02. The molecule has 1 fully saturated rings. The number of hydrogen-bond donors (Lipinski definition) is 3. The average molecular weight is 333 g/mol. The normalized spacial score (nSPS) is 16.5. The van der Waals surface area contributed by atoms with Crippen molar-refractivity contribution in [3.05, 3.63) is 35.4 Å². The molecule has 24 heavy (non-hydrogen) atoms. The van der Waals surface area contributed by atoms with Crippen LogP contribution < -0.4 is 11.1 Å². The van der Waals surface area contributed by atoms with Gasteiger partial charge in [-0.2, -0.15) is 0 Å². The molecule has 0 saturated carbocycles. The van der Waals surface area contributed by atoms with Crippen molar-refractivity contribution < 1.29 is 19.5 Å². The van der Waals surface area contributed by atoms with E-state index < -0.39 is 18.0 Å². The molecule has 1 aliphatic rings. The van der Waals surface area contributed by atoms with Crippen molar-refractivity contribution in [1.29, 1.82) is 0 Å². The number of primary amides is 1. The number of urea groups is 1. The molecule has 7 nitrogen and oxygen atoms in total. The highest BCUT2D eigenvalue weighted by Gasteiger charge is 2.29. The van der Waals surface area contributed by atoms with Gasteiger partial charge in [0.1, 0.15) is 0 Å². The van der Waals surface area contributed by atoms with Gasteiger partial charge in [-0.3, -0.25) is 9.59 Å². The number of benzene rings is 1. The van der Waals surface area contributed by atoms with Crippen molar-refractivity contribution in [2.24, 2.45) is 11.7 Å². The lowest BCUT2D eigenvalue weighted by Crippen LogP contribution is -2.42. The van der Waals surface area contributed by atoms with Crippen LogP contribution in [0.25, 0.3) is 0 Å². The minimum atomic E-state index is -0.810. The number of rotatable bonds is 5. The number of hydrogen-bond acceptors (Lipinski definition) is 3. The predicted octanol–water partition coefficient (Wildman–Crippen LogP) is 1.42. The van der Waals surface area contributed by atoms with Gasteiger partial charge in [-0.25, -0.2) is 4.79 Å². The van der Waals surface area contributed by atoms with Crippen LogP contribution in [0, 0.1) is 12.8 Å². The number of nitrogens with one attached hydrogen (secondary N) is 1. The van der Waals surface area contributed by atoms with Gasteiger partial charge in [-0.05, 0) is 30.9 Å². The van der Waals surface area contributed by atoms with Crippen LogP contribution >= 0.6 is 0 Å². The van der Waals surface area contributed by atoms with Crippen LogP contribution in [0.3, 0.4) is 0 Å². The smallest absolute Gasteiger partial charge is 0.312 e. The fraction of sp³-hybridized carbons (Fsp3) is 0.471. The number of aliphatic carboxylic acids is 1. The zero-order valence-corrected chi connectivity index (χ0v) is 13.7. The van der Waals surface area contributed by atoms with Crippen molar-refractivity contribution in [2.45, 2.75) is 32.2 Å². The predicted molar refractivity (Wildman–Crippen MR) is 88.2 cm³/mol. The molecule has 1 unspecified atom stereocenters. The number of carbonyl (C=O) groups excluding carboxylic acids is 2. The summed E-state index contributed by atoms with van der Waals surface area (Å²) < 4.78 is 0. The molecule has 1 aromatic rings. The lowest BCUT2D eigenvalue weighted by molar-refractivity contribution is -0.145. The van der Waals surface area contributed by atoms with E-state index in [1.165, 1.54) is 0 Å². The summed E-state index contributed by atoms with van der Waals surface area (Å²) in [6.45, 7) is 2.76. The van der Waals surface area contributed by atoms with Gasteiger partial charge in [0.05, 0.1) is 18.4 Å². The van der Waals surface area contributed by atoms with E-state index >= 15 is 0 Å². The summed E-state index contributed by atoms with van der Waals surface area (Å²) in [4.78, 5) is 36.5. The molecule has 1 saturated heterocycles. The number of carboxylic acids is 1. The quantitative estimate of drug-likeness (QED) is 0.756. The number of carboxylic acid groups (broad SMARTS) is 1. The Balaban J connectivity index is 2.04. The molecule has 0 spiro atoms. The Morgan fingerprint density at radius 1 is 1.29 bits per heavy atom. The first kappa shape index (κ1) is 17.8. The van der Waals surface area contributed by atoms with E-state index in [1.807, 2.05) is 31.2 Å². The largest absolute Gasteiger partial charge is 0.481 e. The summed E-state index contributed by atoms with van der Waals surface area (Å²) >= 11 is 0. The Kier molecular flexibility index (Phi) is 5.78. The summed E-state index contributed by atoms with van der Waals surface area (Å²) in [5.74, 6) is -1.30. The first-order valence-corrected chi connectivity index (χ1v) is 8.00. The zero-order chi connectivity index (χ0) is 17.7. The lowest BCUT2D eigenvalue weighted by Gasteiger charge is -2.31. The maximum atomic E-state index is 12.5. The molecule has 1 atom stereocenters. The minimum absolute atomic E-state index is 0.103. The monoisotopic (exact) mass is 333 g/mol. The number of amides is 3. The topological polar surface area (TPSA) is 113 Å². The van der Waals surface area contributed by atoms with Crippen LogP contribution in [0.4, 0.5) is 4.79 Å². The molecule has 7 heteroatoms. The maximum Gasteiger partial charge on any atom is 0.312 e. The molecule has 2 rings (SSSR count). The van der Waals surface area contributed by atoms with Crippen molar-refractivity contribution in [1.82, 2.24) is 10.2 Å². The SMILES string of the molecule is Cc1ccccc1C(CC(=O)N1CCC(C(=O)O)CC1)NC(N)=O. The third-order valence-electron chi connectivity index (χ3n) is 4.46. The number of carbonyl (C=O) groups is 3. The summed E-state index contributed by atoms with van der Waals surface area (Å²) in [7, 11) is 0. The Morgan fingerprint density at radius 2 is 1.92 bits per heavy atom. The van der Waals surface area contributed by atoms with Crippen molar-refractivity contribution in [2.75, 3.05) is 13.1 Å². The Bertz CT molecular complexity index is 624. The molecule has 1 aliphatic heterocycles. The summed E-state index contributed by atoms with van der Waals surface area (Å²) in [5, 5.41) is 11.7. The second kappa shape index (κ2) is 7.81. The maximum absolute atomic E-state index is 12.5. The summed E-state index contributed by atoms with van der Waals surface area (Å²) in [5.41, 5.74) is 7.06. The van der Waals surface area contributed by atoms with Crippen LogP contribution in [0.15, 0.2) is 24.3 Å². The average Bonchev–Trinajstić information content (AvgIpc) is 2.54. The Morgan fingerprint density at radius 3 is 2.46 bits per heavy atom. The molecular weight excluding hydrogens is 310 g/mol. The standard InChI is InChI=1S/C17H23N3O4/c1-11-4-2-3-5-13(11)14(19-17(18)24)10-15(21)20-8-6-12(7-9-20)16(22)23/h2-5,12,14H,6-10H2,1H3,(H,22,23)(H3,18,19,24). The number of nitrogens with two attached hydrogens (primary N) is 1. The minimum Gasteiger partial charge on any atom is -0.481 e. The number of aryl methyl sites for hydroxylation is 1. The second-order valence-electron chi connectivity index (χ2n) is 6.12. The highest BCUT2D eigenvalue weighted by atomic mass is 16.4. The fourth-order valence-corrected chi connectivity index (χ4v) is 3.07. The molecule has 3 amide bonds. The molecule has 4 N–H and O–H groups in total. The zero-order valence-electron chi connectivity index (χ0n) is 13.7. The molecule has 0 aliphatic carbocycles. The van der Waals surface area contributed by atoms with E-state index in [2.05, 4.69) is 5.32 Å². The fourth-order valence-electron chi connectivity index (χ4n) is 3.07. The Labute approximate surface area is 140 Å². The molecular formula is C17H23N3O4. The van der Waals surface area contributed by atoms with Gasteiger partial charge >= 0.3 is 12.0 Å². The molecule has 1 heterocycles. The van der Waals surface area contributed by atoms with Crippen molar-refractivity contribution in [3.63, 3.8) is 0 Å². The van der Waals surface area contributed by atoms with E-state index in [0.29, 0.717) is 25.9 Å². The number of nitrogens with zero attached hydrogens (tertiary/aromatic N) is 1. The van der Waals surface area contributed by atoms with Crippen LogP contribution in [0.5, 0.6) is 0 Å². The van der Waals surface area contributed by atoms with Gasteiger partial charge in [0.2, 0.25) is 5.91 Å². The van der Waals surface area contributed by atoms with Crippen molar-refractivity contribution in [3.8, 4) is 0 Å². The molecule has 130 valence electrons. The third kappa shape index (κ3) is 4.47. The van der Waals surface area contributed by atoms with Gasteiger partial charge < -0.3 is 21.1 Å². The molecule has 0 bridgehead atoms. The molecule has 0 radical (unpaired) electrons. The van der Waals surface area contributed by atoms with Crippen molar-refractivity contribution >= 4 is 17.9 Å². The first-order chi connectivity index (χ1) is 11.4. The van der Waals surface area contributed by atoms with Gasteiger partial charge in [-0.15, -0.1) is 0 Å². The van der Waals surface area contributed by atoms with Gasteiger partial charge in [0, 0.05) is 13.1 Å². The van der Waals surface area contributed by atoms with Crippen LogP contribution in [-0.4, -0.2) is 41.0 Å². The van der Waals surface area contributed by atoms with Gasteiger partial charge in [-0.1, -0.05) is 24.3 Å². The lowest BCUT2D eigenvalue weighted by atomic mass is 9.95. The number of likely N-dealkylation sites (tertiary alicyclic amines) is 1. The van der Waals surface area contributed by atoms with E-state index in [1.54, 1.807) is 4.90 Å². The molecule has 1 aromatic carbocycles. The van der Waals surface area contributed by atoms with Gasteiger partial charge in [0.25, 0.3) is 0 Å². The van der Waals surface area contributed by atoms with Crippen LogP contribution in [0.2, 0.25) is 0 Å². The van der Waals surface area contributed by atoms with E-state index in [0.717, 1.165) is 11.1 Å². The van der Waals surface area contributed by atoms with Crippen LogP contribution in [0.1, 0.15) is 36.4 Å². The highest BCUT2D eigenvalue weighted by molar-refractivity contribution is 5.79. The second-order valence-corrected chi connectivity index (χ2v) is 6.12. The van der Waals surface area contributed by atoms with E-state index in [4.69, 9.17) is 10.8 Å². The summed E-state index contributed by atoms with van der Waals surface area (Å²) in [6, 6.07) is 6.33. The van der Waals surface area contributed by atoms with E-state index in [-0.39, 0.29) is 18.2 Å². The Hall–Kier alpha value is -2.57.